The lowest BCUT2D eigenvalue weighted by molar-refractivity contribution is 0.574. The molecule has 1 rings (SSSR count). The summed E-state index contributed by atoms with van der Waals surface area (Å²) in [5, 5.41) is 0. The summed E-state index contributed by atoms with van der Waals surface area (Å²) in [6.45, 7) is 0. The summed E-state index contributed by atoms with van der Waals surface area (Å²) in [6, 6.07) is 2.13. The van der Waals surface area contributed by atoms with Crippen LogP contribution in [0.15, 0.2) is 26.0 Å². The van der Waals surface area contributed by atoms with Crippen LogP contribution < -0.4 is 0 Å². The molecule has 72 valence electrons. The maximum absolute atomic E-state index is 13.0. The fraction of sp³-hybridized carbons (Fsp3) is 0. The molecule has 0 aromatic heterocycles. The Morgan fingerprint density at radius 1 is 1.23 bits per heavy atom. The van der Waals surface area contributed by atoms with Crippen LogP contribution in [0, 0.1) is 5.82 Å². The molecular formula is C6H2Br2ClFO2S. The van der Waals surface area contributed by atoms with Crippen LogP contribution in [0.1, 0.15) is 0 Å². The Balaban J connectivity index is 3.50. The van der Waals surface area contributed by atoms with Gasteiger partial charge in [0.05, 0.1) is 0 Å². The molecule has 0 spiro atoms. The van der Waals surface area contributed by atoms with Gasteiger partial charge in [0.2, 0.25) is 0 Å². The van der Waals surface area contributed by atoms with E-state index in [9.17, 15) is 12.8 Å². The Hall–Kier alpha value is 0.350. The molecule has 0 atom stereocenters. The van der Waals surface area contributed by atoms with Gasteiger partial charge in [-0.15, -0.1) is 0 Å². The second-order valence-electron chi connectivity index (χ2n) is 2.13. The highest BCUT2D eigenvalue weighted by molar-refractivity contribution is 9.13. The van der Waals surface area contributed by atoms with Crippen molar-refractivity contribution in [3.63, 3.8) is 0 Å². The zero-order valence-electron chi connectivity index (χ0n) is 5.89. The van der Waals surface area contributed by atoms with Crippen molar-refractivity contribution < 1.29 is 12.8 Å². The average Bonchev–Trinajstić information content (AvgIpc) is 1.94. The summed E-state index contributed by atoms with van der Waals surface area (Å²) in [6.07, 6.45) is 0. The average molecular weight is 352 g/mol. The maximum atomic E-state index is 13.0. The zero-order chi connectivity index (χ0) is 10.2. The molecule has 0 saturated carbocycles. The van der Waals surface area contributed by atoms with Crippen LogP contribution in [0.3, 0.4) is 0 Å². The predicted octanol–water partition coefficient (Wildman–Crippen LogP) is 3.28. The van der Waals surface area contributed by atoms with E-state index < -0.39 is 19.8 Å². The van der Waals surface area contributed by atoms with Crippen LogP contribution in [-0.2, 0) is 9.05 Å². The van der Waals surface area contributed by atoms with Crippen LogP contribution in [0.5, 0.6) is 0 Å². The Morgan fingerprint density at radius 3 is 2.15 bits per heavy atom. The van der Waals surface area contributed by atoms with Crippen LogP contribution in [0.2, 0.25) is 0 Å². The molecule has 13 heavy (non-hydrogen) atoms. The smallest absolute Gasteiger partial charge is 0.207 e. The predicted molar refractivity (Wildman–Crippen MR) is 54.8 cm³/mol. The molecule has 0 bridgehead atoms. The molecule has 0 radical (unpaired) electrons. The highest BCUT2D eigenvalue weighted by Gasteiger charge is 2.17. The zero-order valence-corrected chi connectivity index (χ0v) is 10.6. The Labute approximate surface area is 95.8 Å². The summed E-state index contributed by atoms with van der Waals surface area (Å²) in [4.78, 5) is -0.538. The van der Waals surface area contributed by atoms with Gasteiger partial charge in [0, 0.05) is 19.6 Å². The van der Waals surface area contributed by atoms with Gasteiger partial charge in [-0.2, -0.15) is 0 Å². The van der Waals surface area contributed by atoms with Crippen molar-refractivity contribution in [2.24, 2.45) is 0 Å². The highest BCUT2D eigenvalue weighted by atomic mass is 79.9. The van der Waals surface area contributed by atoms with Crippen molar-refractivity contribution in [1.82, 2.24) is 0 Å². The fourth-order valence-electron chi connectivity index (χ4n) is 0.691. The van der Waals surface area contributed by atoms with Gasteiger partial charge in [0.25, 0.3) is 9.05 Å². The third-order valence-electron chi connectivity index (χ3n) is 1.24. The van der Waals surface area contributed by atoms with Crippen LogP contribution >= 0.6 is 42.5 Å². The van der Waals surface area contributed by atoms with Gasteiger partial charge in [-0.1, -0.05) is 0 Å². The molecule has 1 aromatic carbocycles. The number of rotatable bonds is 1. The lowest BCUT2D eigenvalue weighted by Crippen LogP contribution is -1.95. The van der Waals surface area contributed by atoms with Gasteiger partial charge in [0.1, 0.15) is 10.7 Å². The number of hydrogen-bond donors (Lipinski definition) is 0. The highest BCUT2D eigenvalue weighted by Crippen LogP contribution is 2.29. The van der Waals surface area contributed by atoms with Gasteiger partial charge in [-0.05, 0) is 44.0 Å². The number of hydrogen-bond acceptors (Lipinski definition) is 2. The number of halogens is 4. The first-order valence-electron chi connectivity index (χ1n) is 2.91. The van der Waals surface area contributed by atoms with E-state index in [0.717, 1.165) is 12.1 Å². The molecule has 1 aromatic rings. The molecule has 7 heteroatoms. The van der Waals surface area contributed by atoms with E-state index in [2.05, 4.69) is 31.9 Å². The molecule has 0 fully saturated rings. The second-order valence-corrected chi connectivity index (χ2v) is 6.38. The van der Waals surface area contributed by atoms with E-state index in [0.29, 0.717) is 8.95 Å². The van der Waals surface area contributed by atoms with E-state index in [-0.39, 0.29) is 0 Å². The first-order chi connectivity index (χ1) is 5.82. The quantitative estimate of drug-likeness (QED) is 0.574. The third kappa shape index (κ3) is 2.65. The van der Waals surface area contributed by atoms with Crippen molar-refractivity contribution in [2.45, 2.75) is 4.90 Å². The van der Waals surface area contributed by atoms with E-state index in [1.54, 1.807) is 0 Å². The first-order valence-corrected chi connectivity index (χ1v) is 6.81. The normalized spacial score (nSPS) is 11.7. The van der Waals surface area contributed by atoms with Gasteiger partial charge < -0.3 is 0 Å². The number of benzene rings is 1. The topological polar surface area (TPSA) is 34.1 Å². The molecular weight excluding hydrogens is 350 g/mol. The standard InChI is InChI=1S/C6H2Br2ClFO2S/c7-3-1-5(10)6(2-4(3)8)13(9,11)12/h1-2H. The molecule has 0 N–H and O–H groups in total. The molecule has 0 saturated heterocycles. The van der Waals surface area contributed by atoms with E-state index in [1.165, 1.54) is 0 Å². The van der Waals surface area contributed by atoms with E-state index in [1.807, 2.05) is 0 Å². The van der Waals surface area contributed by atoms with Crippen LogP contribution in [-0.4, -0.2) is 8.42 Å². The fourth-order valence-corrected chi connectivity index (χ4v) is 2.41. The lowest BCUT2D eigenvalue weighted by Gasteiger charge is -2.01. The van der Waals surface area contributed by atoms with E-state index in [4.69, 9.17) is 10.7 Å². The monoisotopic (exact) mass is 350 g/mol. The van der Waals surface area contributed by atoms with Crippen molar-refractivity contribution >= 4 is 51.6 Å². The Bertz CT molecular complexity index is 446. The maximum Gasteiger partial charge on any atom is 0.264 e. The molecule has 0 aliphatic carbocycles. The van der Waals surface area contributed by atoms with E-state index >= 15 is 0 Å². The van der Waals surface area contributed by atoms with Crippen molar-refractivity contribution in [1.29, 1.82) is 0 Å². The Kier molecular flexibility index (Phi) is 3.38. The van der Waals surface area contributed by atoms with Crippen molar-refractivity contribution in [3.8, 4) is 0 Å². The molecule has 0 aliphatic rings. The first kappa shape index (κ1) is 11.4. The van der Waals surface area contributed by atoms with Crippen LogP contribution in [0.25, 0.3) is 0 Å². The Morgan fingerprint density at radius 2 is 1.69 bits per heavy atom. The van der Waals surface area contributed by atoms with Crippen LogP contribution in [0.4, 0.5) is 4.39 Å². The van der Waals surface area contributed by atoms with Gasteiger partial charge in [0.15, 0.2) is 0 Å². The van der Waals surface area contributed by atoms with Gasteiger partial charge in [-0.25, -0.2) is 12.8 Å². The summed E-state index contributed by atoms with van der Waals surface area (Å²) in [5.41, 5.74) is 0. The minimum absolute atomic E-state index is 0.424. The molecule has 0 aliphatic heterocycles. The van der Waals surface area contributed by atoms with Crippen molar-refractivity contribution in [2.75, 3.05) is 0 Å². The summed E-state index contributed by atoms with van der Waals surface area (Å²) in [7, 11) is 0.958. The molecule has 0 amide bonds. The van der Waals surface area contributed by atoms with Gasteiger partial charge >= 0.3 is 0 Å². The largest absolute Gasteiger partial charge is 0.264 e. The van der Waals surface area contributed by atoms with Crippen molar-refractivity contribution in [3.05, 3.63) is 26.9 Å². The molecule has 0 unspecified atom stereocenters. The molecule has 2 nitrogen and oxygen atoms in total. The minimum Gasteiger partial charge on any atom is -0.207 e. The summed E-state index contributed by atoms with van der Waals surface area (Å²) >= 11 is 6.06. The minimum atomic E-state index is -4.03. The SMILES string of the molecule is O=S(=O)(Cl)c1cc(Br)c(Br)cc1F. The molecule has 0 heterocycles. The second kappa shape index (κ2) is 3.84. The third-order valence-corrected chi connectivity index (χ3v) is 4.42. The lowest BCUT2D eigenvalue weighted by atomic mass is 10.3. The summed E-state index contributed by atoms with van der Waals surface area (Å²) < 4.78 is 35.5. The van der Waals surface area contributed by atoms with Gasteiger partial charge in [-0.3, -0.25) is 0 Å². The summed E-state index contributed by atoms with van der Waals surface area (Å²) in [5.74, 6) is -0.884.